The molecule has 1 heterocycles. The maximum absolute atomic E-state index is 5.70. The molecule has 2 rings (SSSR count). The highest BCUT2D eigenvalue weighted by Crippen LogP contribution is 2.29. The smallest absolute Gasteiger partial charge is 0.145 e. The van der Waals surface area contributed by atoms with E-state index in [1.165, 1.54) is 0 Å². The molecule has 18 heavy (non-hydrogen) atoms. The van der Waals surface area contributed by atoms with Crippen LogP contribution in [0.15, 0.2) is 24.3 Å². The average Bonchev–Trinajstić information content (AvgIpc) is 2.35. The molecule has 0 fully saturated rings. The molecule has 0 amide bonds. The van der Waals surface area contributed by atoms with Crippen molar-refractivity contribution in [3.05, 3.63) is 30.0 Å². The van der Waals surface area contributed by atoms with Crippen LogP contribution in [0.2, 0.25) is 0 Å². The molecule has 0 aliphatic heterocycles. The van der Waals surface area contributed by atoms with Gasteiger partial charge in [0.2, 0.25) is 0 Å². The van der Waals surface area contributed by atoms with Crippen molar-refractivity contribution in [3.8, 4) is 5.75 Å². The van der Waals surface area contributed by atoms with E-state index in [9.17, 15) is 0 Å². The summed E-state index contributed by atoms with van der Waals surface area (Å²) >= 11 is 5.70. The maximum Gasteiger partial charge on any atom is 0.145 e. The van der Waals surface area contributed by atoms with Crippen molar-refractivity contribution < 1.29 is 4.74 Å². The Balaban J connectivity index is 0.00000162. The van der Waals surface area contributed by atoms with Crippen LogP contribution in [0, 0.1) is 6.92 Å². The second kappa shape index (κ2) is 6.66. The lowest BCUT2D eigenvalue weighted by Gasteiger charge is -2.11. The number of ether oxygens (including phenoxy) is 1. The Kier molecular flexibility index (Phi) is 5.51. The third kappa shape index (κ3) is 2.98. The van der Waals surface area contributed by atoms with E-state index in [1.807, 2.05) is 31.2 Å². The van der Waals surface area contributed by atoms with Gasteiger partial charge < -0.3 is 10.1 Å². The number of fused-ring (bicyclic) bond motifs is 1. The highest BCUT2D eigenvalue weighted by atomic mass is 35.5. The molecule has 0 aliphatic rings. The van der Waals surface area contributed by atoms with Crippen LogP contribution < -0.4 is 10.1 Å². The van der Waals surface area contributed by atoms with Crippen LogP contribution in [0.5, 0.6) is 5.75 Å². The minimum absolute atomic E-state index is 0. The minimum Gasteiger partial charge on any atom is -0.494 e. The van der Waals surface area contributed by atoms with Crippen LogP contribution in [0.4, 0.5) is 5.69 Å². The van der Waals surface area contributed by atoms with Gasteiger partial charge >= 0.3 is 0 Å². The summed E-state index contributed by atoms with van der Waals surface area (Å²) in [6.45, 7) is 2.70. The maximum atomic E-state index is 5.70. The molecule has 0 aliphatic carbocycles. The summed E-state index contributed by atoms with van der Waals surface area (Å²) in [7, 11) is 1.66. The van der Waals surface area contributed by atoms with Crippen LogP contribution in [0.3, 0.4) is 0 Å². The van der Waals surface area contributed by atoms with E-state index in [4.69, 9.17) is 16.3 Å². The number of benzene rings is 1. The molecule has 1 N–H and O–H groups in total. The Bertz CT molecular complexity index is 532. The van der Waals surface area contributed by atoms with Crippen molar-refractivity contribution in [2.75, 3.05) is 24.9 Å². The average molecular weight is 287 g/mol. The number of alkyl halides is 1. The number of nitrogens with zero attached hydrogens (tertiary/aromatic N) is 1. The quantitative estimate of drug-likeness (QED) is 0.872. The van der Waals surface area contributed by atoms with Crippen LogP contribution >= 0.6 is 24.0 Å². The zero-order chi connectivity index (χ0) is 12.3. The monoisotopic (exact) mass is 286 g/mol. The van der Waals surface area contributed by atoms with Crippen molar-refractivity contribution in [2.24, 2.45) is 0 Å². The lowest BCUT2D eigenvalue weighted by molar-refractivity contribution is 0.419. The van der Waals surface area contributed by atoms with E-state index >= 15 is 0 Å². The summed E-state index contributed by atoms with van der Waals surface area (Å²) in [5.74, 6) is 1.37. The number of halogens is 2. The molecule has 5 heteroatoms. The highest BCUT2D eigenvalue weighted by molar-refractivity contribution is 6.18. The van der Waals surface area contributed by atoms with Crippen LogP contribution in [0.1, 0.15) is 5.69 Å². The second-order valence-corrected chi connectivity index (χ2v) is 4.16. The van der Waals surface area contributed by atoms with Gasteiger partial charge in [0, 0.05) is 29.2 Å². The molecule has 0 radical (unpaired) electrons. The number of nitrogens with one attached hydrogen (secondary N) is 1. The number of pyridine rings is 1. The van der Waals surface area contributed by atoms with E-state index in [1.54, 1.807) is 7.11 Å². The third-order valence-electron chi connectivity index (χ3n) is 2.56. The Morgan fingerprint density at radius 3 is 2.83 bits per heavy atom. The van der Waals surface area contributed by atoms with Crippen molar-refractivity contribution in [1.29, 1.82) is 0 Å². The lowest BCUT2D eigenvalue weighted by Crippen LogP contribution is -2.04. The van der Waals surface area contributed by atoms with E-state index in [0.717, 1.165) is 34.6 Å². The molecular formula is C13H16Cl2N2O. The van der Waals surface area contributed by atoms with Gasteiger partial charge in [-0.25, -0.2) is 4.98 Å². The molecule has 0 spiro atoms. The first-order valence-electron chi connectivity index (χ1n) is 5.50. The van der Waals surface area contributed by atoms with Crippen LogP contribution in [0.25, 0.3) is 10.9 Å². The molecule has 1 aromatic heterocycles. The Morgan fingerprint density at radius 1 is 1.39 bits per heavy atom. The van der Waals surface area contributed by atoms with Gasteiger partial charge in [-0.15, -0.1) is 24.0 Å². The fourth-order valence-electron chi connectivity index (χ4n) is 1.84. The predicted octanol–water partition coefficient (Wildman–Crippen LogP) is 3.62. The first-order chi connectivity index (χ1) is 8.26. The standard InChI is InChI=1S/C13H15ClN2O.ClH/c1-9-8-11(15-7-6-14)10-4-3-5-12(17-2)13(10)16-9;/h3-5,8H,6-7H2,1-2H3,(H,15,16);1H. The van der Waals surface area contributed by atoms with Gasteiger partial charge in [-0.2, -0.15) is 0 Å². The zero-order valence-electron chi connectivity index (χ0n) is 10.4. The third-order valence-corrected chi connectivity index (χ3v) is 2.75. The van der Waals surface area contributed by atoms with Gasteiger partial charge in [-0.05, 0) is 19.1 Å². The molecule has 0 saturated carbocycles. The lowest BCUT2D eigenvalue weighted by atomic mass is 10.1. The minimum atomic E-state index is 0. The first kappa shape index (κ1) is 14.9. The Morgan fingerprint density at radius 2 is 2.17 bits per heavy atom. The molecule has 0 atom stereocenters. The largest absolute Gasteiger partial charge is 0.494 e. The number of anilines is 1. The van der Waals surface area contributed by atoms with Gasteiger partial charge in [-0.1, -0.05) is 12.1 Å². The number of hydrogen-bond acceptors (Lipinski definition) is 3. The van der Waals surface area contributed by atoms with Gasteiger partial charge in [0.05, 0.1) is 7.11 Å². The molecule has 0 unspecified atom stereocenters. The number of aromatic nitrogens is 1. The van der Waals surface area contributed by atoms with Crippen molar-refractivity contribution >= 4 is 40.6 Å². The van der Waals surface area contributed by atoms with Gasteiger partial charge in [0.15, 0.2) is 0 Å². The number of rotatable bonds is 4. The molecule has 0 bridgehead atoms. The summed E-state index contributed by atoms with van der Waals surface area (Å²) in [5.41, 5.74) is 2.89. The van der Waals surface area contributed by atoms with Crippen molar-refractivity contribution in [2.45, 2.75) is 6.92 Å². The highest BCUT2D eigenvalue weighted by Gasteiger charge is 2.07. The molecule has 0 saturated heterocycles. The normalized spacial score (nSPS) is 9.94. The SMILES string of the molecule is COc1cccc2c(NCCCl)cc(C)nc12.Cl. The van der Waals surface area contributed by atoms with E-state index in [2.05, 4.69) is 10.3 Å². The van der Waals surface area contributed by atoms with Crippen LogP contribution in [-0.4, -0.2) is 24.5 Å². The topological polar surface area (TPSA) is 34.1 Å². The van der Waals surface area contributed by atoms with Crippen LogP contribution in [-0.2, 0) is 0 Å². The van der Waals surface area contributed by atoms with Gasteiger partial charge in [-0.3, -0.25) is 0 Å². The molecule has 2 aromatic rings. The number of methoxy groups -OCH3 is 1. The molecule has 3 nitrogen and oxygen atoms in total. The van der Waals surface area contributed by atoms with Crippen molar-refractivity contribution in [3.63, 3.8) is 0 Å². The summed E-state index contributed by atoms with van der Waals surface area (Å²) in [5, 5.41) is 4.36. The van der Waals surface area contributed by atoms with E-state index < -0.39 is 0 Å². The number of para-hydroxylation sites is 1. The first-order valence-corrected chi connectivity index (χ1v) is 6.04. The fourth-order valence-corrected chi connectivity index (χ4v) is 1.94. The van der Waals surface area contributed by atoms with Crippen molar-refractivity contribution in [1.82, 2.24) is 4.98 Å². The summed E-state index contributed by atoms with van der Waals surface area (Å²) in [6, 6.07) is 7.93. The predicted molar refractivity (Wildman–Crippen MR) is 79.5 cm³/mol. The van der Waals surface area contributed by atoms with Gasteiger partial charge in [0.25, 0.3) is 0 Å². The second-order valence-electron chi connectivity index (χ2n) is 3.78. The van der Waals surface area contributed by atoms with Gasteiger partial charge in [0.1, 0.15) is 11.3 Å². The molecular weight excluding hydrogens is 271 g/mol. The molecule has 1 aromatic carbocycles. The Labute approximate surface area is 118 Å². The van der Waals surface area contributed by atoms with E-state index in [0.29, 0.717) is 5.88 Å². The summed E-state index contributed by atoms with van der Waals surface area (Å²) < 4.78 is 5.33. The Hall–Kier alpha value is -1.19. The zero-order valence-corrected chi connectivity index (χ0v) is 11.9. The number of aryl methyl sites for hydroxylation is 1. The fraction of sp³-hybridized carbons (Fsp3) is 0.308. The summed E-state index contributed by atoms with van der Waals surface area (Å²) in [6.07, 6.45) is 0. The number of hydrogen-bond donors (Lipinski definition) is 1. The molecule has 98 valence electrons. The summed E-state index contributed by atoms with van der Waals surface area (Å²) in [4.78, 5) is 4.52. The van der Waals surface area contributed by atoms with E-state index in [-0.39, 0.29) is 12.4 Å².